The Labute approximate surface area is 93.4 Å². The number of hydrogen-bond acceptors (Lipinski definition) is 3. The summed E-state index contributed by atoms with van der Waals surface area (Å²) in [7, 11) is 4.82. The second-order valence-corrected chi connectivity index (χ2v) is 3.50. The molecule has 1 aromatic carbocycles. The quantitative estimate of drug-likeness (QED) is 0.725. The van der Waals surface area contributed by atoms with Crippen molar-refractivity contribution in [3.8, 4) is 5.75 Å². The van der Waals surface area contributed by atoms with Crippen molar-refractivity contribution in [3.05, 3.63) is 30.0 Å². The third kappa shape index (κ3) is 1.43. The van der Waals surface area contributed by atoms with Crippen LogP contribution in [0.25, 0.3) is 10.9 Å². The van der Waals surface area contributed by atoms with Crippen LogP contribution >= 0.6 is 0 Å². The Morgan fingerprint density at radius 2 is 2.00 bits per heavy atom. The molecule has 0 amide bonds. The summed E-state index contributed by atoms with van der Waals surface area (Å²) in [6.07, 6.45) is 1.92. The van der Waals surface area contributed by atoms with Crippen molar-refractivity contribution in [1.29, 1.82) is 0 Å². The van der Waals surface area contributed by atoms with Gasteiger partial charge < -0.3 is 14.0 Å². The molecule has 2 aromatic rings. The van der Waals surface area contributed by atoms with E-state index in [1.54, 1.807) is 13.2 Å². The van der Waals surface area contributed by atoms with Crippen LogP contribution in [-0.2, 0) is 11.8 Å². The molecule has 16 heavy (non-hydrogen) atoms. The highest BCUT2D eigenvalue weighted by Gasteiger charge is 2.17. The lowest BCUT2D eigenvalue weighted by Crippen LogP contribution is -2.05. The molecule has 0 aliphatic heterocycles. The minimum atomic E-state index is -0.389. The lowest BCUT2D eigenvalue weighted by atomic mass is 10.1. The summed E-state index contributed by atoms with van der Waals surface area (Å²) in [5, 5.41) is 1.03. The number of nitrogens with zero attached hydrogens (tertiary/aromatic N) is 1. The summed E-state index contributed by atoms with van der Waals surface area (Å²) in [5.41, 5.74) is 1.34. The second-order valence-electron chi connectivity index (χ2n) is 3.50. The van der Waals surface area contributed by atoms with E-state index in [2.05, 4.69) is 0 Å². The number of benzene rings is 1. The Morgan fingerprint density at radius 1 is 1.25 bits per heavy atom. The Morgan fingerprint density at radius 3 is 2.62 bits per heavy atom. The SMILES string of the molecule is COC(=O)c1ccc2ccn(C)c2c1OC. The summed E-state index contributed by atoms with van der Waals surface area (Å²) in [4.78, 5) is 11.6. The summed E-state index contributed by atoms with van der Waals surface area (Å²) in [5.74, 6) is 0.164. The zero-order chi connectivity index (χ0) is 11.7. The molecule has 0 aliphatic rings. The van der Waals surface area contributed by atoms with Gasteiger partial charge in [-0.25, -0.2) is 4.79 Å². The standard InChI is InChI=1S/C12H13NO3/c1-13-7-6-8-4-5-9(12(14)16-3)11(15-2)10(8)13/h4-7H,1-3H3. The fraction of sp³-hybridized carbons (Fsp3) is 0.250. The van der Waals surface area contributed by atoms with Crippen molar-refractivity contribution >= 4 is 16.9 Å². The first-order chi connectivity index (χ1) is 7.69. The van der Waals surface area contributed by atoms with Gasteiger partial charge in [0.2, 0.25) is 0 Å². The van der Waals surface area contributed by atoms with Gasteiger partial charge >= 0.3 is 5.97 Å². The second kappa shape index (κ2) is 3.89. The molecule has 4 heteroatoms. The number of carbonyl (C=O) groups excluding carboxylic acids is 1. The number of methoxy groups -OCH3 is 2. The van der Waals surface area contributed by atoms with Crippen LogP contribution in [0.2, 0.25) is 0 Å². The van der Waals surface area contributed by atoms with E-state index in [1.165, 1.54) is 7.11 Å². The third-order valence-corrected chi connectivity index (χ3v) is 2.60. The van der Waals surface area contributed by atoms with Crippen LogP contribution < -0.4 is 4.74 Å². The molecule has 0 saturated carbocycles. The van der Waals surface area contributed by atoms with E-state index in [4.69, 9.17) is 9.47 Å². The van der Waals surface area contributed by atoms with Crippen molar-refractivity contribution in [3.63, 3.8) is 0 Å². The van der Waals surface area contributed by atoms with Crippen LogP contribution in [0.3, 0.4) is 0 Å². The molecule has 0 radical (unpaired) electrons. The van der Waals surface area contributed by atoms with E-state index >= 15 is 0 Å². The topological polar surface area (TPSA) is 40.5 Å². The summed E-state index contributed by atoms with van der Waals surface area (Å²) < 4.78 is 11.9. The smallest absolute Gasteiger partial charge is 0.341 e. The Balaban J connectivity index is 2.76. The van der Waals surface area contributed by atoms with Crippen LogP contribution in [0, 0.1) is 0 Å². The van der Waals surface area contributed by atoms with Gasteiger partial charge in [-0.05, 0) is 12.1 Å². The zero-order valence-electron chi connectivity index (χ0n) is 9.48. The number of hydrogen-bond donors (Lipinski definition) is 0. The maximum atomic E-state index is 11.6. The van der Waals surface area contributed by atoms with Crippen molar-refractivity contribution in [2.24, 2.45) is 7.05 Å². The van der Waals surface area contributed by atoms with Gasteiger partial charge in [-0.15, -0.1) is 0 Å². The van der Waals surface area contributed by atoms with Gasteiger partial charge in [0.05, 0.1) is 19.7 Å². The normalized spacial score (nSPS) is 10.4. The third-order valence-electron chi connectivity index (χ3n) is 2.60. The van der Waals surface area contributed by atoms with E-state index in [0.29, 0.717) is 11.3 Å². The van der Waals surface area contributed by atoms with Gasteiger partial charge in [-0.1, -0.05) is 6.07 Å². The molecule has 2 rings (SSSR count). The average molecular weight is 219 g/mol. The number of fused-ring (bicyclic) bond motifs is 1. The molecule has 0 N–H and O–H groups in total. The lowest BCUT2D eigenvalue weighted by molar-refractivity contribution is 0.0597. The fourth-order valence-electron chi connectivity index (χ4n) is 1.83. The van der Waals surface area contributed by atoms with E-state index in [0.717, 1.165) is 10.9 Å². The summed E-state index contributed by atoms with van der Waals surface area (Å²) >= 11 is 0. The van der Waals surface area contributed by atoms with Crippen molar-refractivity contribution < 1.29 is 14.3 Å². The molecule has 0 atom stereocenters. The molecule has 4 nitrogen and oxygen atoms in total. The number of aromatic nitrogens is 1. The van der Waals surface area contributed by atoms with Crippen molar-refractivity contribution in [2.75, 3.05) is 14.2 Å². The van der Waals surface area contributed by atoms with Crippen LogP contribution in [0.1, 0.15) is 10.4 Å². The van der Waals surface area contributed by atoms with E-state index in [9.17, 15) is 4.79 Å². The Bertz CT molecular complexity index is 542. The molecular weight excluding hydrogens is 206 g/mol. The van der Waals surface area contributed by atoms with Gasteiger partial charge in [-0.3, -0.25) is 0 Å². The number of ether oxygens (including phenoxy) is 2. The molecular formula is C12H13NO3. The van der Waals surface area contributed by atoms with Crippen molar-refractivity contribution in [2.45, 2.75) is 0 Å². The first kappa shape index (κ1) is 10.5. The molecule has 84 valence electrons. The molecule has 1 aromatic heterocycles. The van der Waals surface area contributed by atoms with Gasteiger partial charge in [0.25, 0.3) is 0 Å². The number of rotatable bonds is 2. The number of carbonyl (C=O) groups is 1. The zero-order valence-corrected chi connectivity index (χ0v) is 9.48. The van der Waals surface area contributed by atoms with Gasteiger partial charge in [0.1, 0.15) is 5.56 Å². The lowest BCUT2D eigenvalue weighted by Gasteiger charge is -2.09. The maximum Gasteiger partial charge on any atom is 0.341 e. The molecule has 0 fully saturated rings. The maximum absolute atomic E-state index is 11.6. The van der Waals surface area contributed by atoms with E-state index in [-0.39, 0.29) is 5.97 Å². The molecule has 0 unspecified atom stereocenters. The Kier molecular flexibility index (Phi) is 2.56. The minimum absolute atomic E-state index is 0.389. The predicted molar refractivity (Wildman–Crippen MR) is 60.8 cm³/mol. The van der Waals surface area contributed by atoms with Gasteiger partial charge in [-0.2, -0.15) is 0 Å². The monoisotopic (exact) mass is 219 g/mol. The first-order valence-corrected chi connectivity index (χ1v) is 4.89. The van der Waals surface area contributed by atoms with Gasteiger partial charge in [0.15, 0.2) is 5.75 Å². The van der Waals surface area contributed by atoms with Crippen LogP contribution in [-0.4, -0.2) is 24.8 Å². The van der Waals surface area contributed by atoms with E-state index in [1.807, 2.05) is 29.9 Å². The minimum Gasteiger partial charge on any atom is -0.494 e. The highest BCUT2D eigenvalue weighted by Crippen LogP contribution is 2.30. The fourth-order valence-corrected chi connectivity index (χ4v) is 1.83. The largest absolute Gasteiger partial charge is 0.494 e. The molecule has 0 saturated heterocycles. The van der Waals surface area contributed by atoms with E-state index < -0.39 is 0 Å². The summed E-state index contributed by atoms with van der Waals surface area (Å²) in [6, 6.07) is 5.57. The average Bonchev–Trinajstić information content (AvgIpc) is 2.69. The van der Waals surface area contributed by atoms with Crippen LogP contribution in [0.4, 0.5) is 0 Å². The highest BCUT2D eigenvalue weighted by atomic mass is 16.5. The first-order valence-electron chi connectivity index (χ1n) is 4.89. The highest BCUT2D eigenvalue weighted by molar-refractivity contribution is 6.00. The predicted octanol–water partition coefficient (Wildman–Crippen LogP) is 1.97. The molecule has 0 spiro atoms. The molecule has 0 aliphatic carbocycles. The van der Waals surface area contributed by atoms with Gasteiger partial charge in [0, 0.05) is 18.6 Å². The Hall–Kier alpha value is -1.97. The van der Waals surface area contributed by atoms with Crippen LogP contribution in [0.5, 0.6) is 5.75 Å². The van der Waals surface area contributed by atoms with Crippen LogP contribution in [0.15, 0.2) is 24.4 Å². The number of aryl methyl sites for hydroxylation is 1. The van der Waals surface area contributed by atoms with Crippen molar-refractivity contribution in [1.82, 2.24) is 4.57 Å². The molecule has 1 heterocycles. The molecule has 0 bridgehead atoms. The number of esters is 1. The summed E-state index contributed by atoms with van der Waals surface area (Å²) in [6.45, 7) is 0.